The van der Waals surface area contributed by atoms with E-state index in [0.29, 0.717) is 31.1 Å². The second-order valence-corrected chi connectivity index (χ2v) is 5.18. The minimum atomic E-state index is -0.217. The number of carbonyl (C=O) groups is 1. The minimum absolute atomic E-state index is 0.217. The predicted octanol–water partition coefficient (Wildman–Crippen LogP) is 3.59. The highest BCUT2D eigenvalue weighted by Crippen LogP contribution is 2.31. The molecule has 4 nitrogen and oxygen atoms in total. The number of benzene rings is 2. The summed E-state index contributed by atoms with van der Waals surface area (Å²) in [7, 11) is 3.17. The van der Waals surface area contributed by atoms with Crippen LogP contribution in [-0.2, 0) is 16.1 Å². The van der Waals surface area contributed by atoms with Crippen LogP contribution in [0.2, 0.25) is 0 Å². The molecule has 2 aromatic rings. The molecule has 0 aliphatic rings. The molecule has 0 heterocycles. The maximum atomic E-state index is 11.4. The molecule has 0 aliphatic carbocycles. The summed E-state index contributed by atoms with van der Waals surface area (Å²) in [6, 6.07) is 15.5. The van der Waals surface area contributed by atoms with E-state index in [1.807, 2.05) is 48.5 Å². The third kappa shape index (κ3) is 4.83. The Morgan fingerprint density at radius 1 is 1.00 bits per heavy atom. The second-order valence-electron chi connectivity index (χ2n) is 5.18. The molecular weight excluding hydrogens is 292 g/mol. The lowest BCUT2D eigenvalue weighted by molar-refractivity contribution is -0.109. The van der Waals surface area contributed by atoms with Gasteiger partial charge in [-0.1, -0.05) is 36.4 Å². The van der Waals surface area contributed by atoms with E-state index in [1.165, 1.54) is 0 Å². The van der Waals surface area contributed by atoms with Crippen LogP contribution in [0.4, 0.5) is 0 Å². The van der Waals surface area contributed by atoms with Crippen LogP contribution in [0.15, 0.2) is 48.5 Å². The minimum Gasteiger partial charge on any atom is -0.493 e. The Balaban J connectivity index is 1.91. The molecule has 4 heteroatoms. The van der Waals surface area contributed by atoms with Crippen LogP contribution in [0.25, 0.3) is 0 Å². The average Bonchev–Trinajstić information content (AvgIpc) is 2.62. The average molecular weight is 314 g/mol. The number of methoxy groups -OCH3 is 2. The van der Waals surface area contributed by atoms with Crippen LogP contribution in [0.3, 0.4) is 0 Å². The number of ether oxygens (including phenoxy) is 3. The van der Waals surface area contributed by atoms with Crippen molar-refractivity contribution in [3.63, 3.8) is 0 Å². The van der Waals surface area contributed by atoms with E-state index in [9.17, 15) is 4.79 Å². The molecule has 0 aromatic heterocycles. The molecule has 0 bridgehead atoms. The maximum Gasteiger partial charge on any atom is 0.161 e. The van der Waals surface area contributed by atoms with Gasteiger partial charge in [-0.15, -0.1) is 0 Å². The lowest BCUT2D eigenvalue weighted by Gasteiger charge is -2.14. The van der Waals surface area contributed by atoms with E-state index in [4.69, 9.17) is 14.2 Å². The largest absolute Gasteiger partial charge is 0.493 e. The highest BCUT2D eigenvalue weighted by atomic mass is 16.5. The Morgan fingerprint density at radius 3 is 2.39 bits per heavy atom. The fraction of sp³-hybridized carbons (Fsp3) is 0.316. The van der Waals surface area contributed by atoms with Gasteiger partial charge in [0.25, 0.3) is 0 Å². The van der Waals surface area contributed by atoms with Gasteiger partial charge in [0, 0.05) is 12.5 Å². The second kappa shape index (κ2) is 8.96. The number of rotatable bonds is 9. The van der Waals surface area contributed by atoms with Crippen LogP contribution in [0.5, 0.6) is 11.5 Å². The molecule has 0 aliphatic heterocycles. The third-order valence-corrected chi connectivity index (χ3v) is 3.68. The highest BCUT2D eigenvalue weighted by molar-refractivity contribution is 5.63. The summed E-state index contributed by atoms with van der Waals surface area (Å²) >= 11 is 0. The first-order chi connectivity index (χ1) is 11.3. The molecule has 1 atom stereocenters. The summed E-state index contributed by atoms with van der Waals surface area (Å²) in [6.07, 6.45) is 1.58. The molecule has 0 N–H and O–H groups in total. The maximum absolute atomic E-state index is 11.4. The summed E-state index contributed by atoms with van der Waals surface area (Å²) in [6.45, 7) is 1.07. The van der Waals surface area contributed by atoms with Gasteiger partial charge in [-0.25, -0.2) is 0 Å². The van der Waals surface area contributed by atoms with Gasteiger partial charge in [0.1, 0.15) is 6.29 Å². The van der Waals surface area contributed by atoms with E-state index < -0.39 is 0 Å². The van der Waals surface area contributed by atoms with Crippen LogP contribution in [0, 0.1) is 0 Å². The Bertz CT molecular complexity index is 610. The summed E-state index contributed by atoms with van der Waals surface area (Å²) in [5, 5.41) is 0. The molecule has 0 saturated carbocycles. The summed E-state index contributed by atoms with van der Waals surface area (Å²) in [5.74, 6) is 1.06. The molecule has 0 radical (unpaired) electrons. The zero-order valence-corrected chi connectivity index (χ0v) is 13.5. The fourth-order valence-electron chi connectivity index (χ4n) is 2.37. The van der Waals surface area contributed by atoms with E-state index in [2.05, 4.69) is 0 Å². The van der Waals surface area contributed by atoms with E-state index in [1.54, 1.807) is 14.2 Å². The Hall–Kier alpha value is -2.33. The monoisotopic (exact) mass is 314 g/mol. The fourth-order valence-corrected chi connectivity index (χ4v) is 2.37. The van der Waals surface area contributed by atoms with Crippen LogP contribution in [0.1, 0.15) is 23.5 Å². The van der Waals surface area contributed by atoms with Crippen molar-refractivity contribution in [3.05, 3.63) is 59.7 Å². The van der Waals surface area contributed by atoms with Crippen LogP contribution < -0.4 is 9.47 Å². The first kappa shape index (κ1) is 17.0. The molecule has 2 rings (SSSR count). The van der Waals surface area contributed by atoms with Crippen molar-refractivity contribution in [1.82, 2.24) is 0 Å². The van der Waals surface area contributed by atoms with Gasteiger partial charge in [0.05, 0.1) is 20.8 Å². The number of hydrogen-bond donors (Lipinski definition) is 0. The highest BCUT2D eigenvalue weighted by Gasteiger charge is 2.13. The molecule has 1 unspecified atom stereocenters. The zero-order chi connectivity index (χ0) is 16.5. The van der Waals surface area contributed by atoms with Crippen molar-refractivity contribution in [2.45, 2.75) is 18.9 Å². The topological polar surface area (TPSA) is 44.8 Å². The smallest absolute Gasteiger partial charge is 0.161 e. The van der Waals surface area contributed by atoms with Crippen molar-refractivity contribution in [2.24, 2.45) is 0 Å². The molecule has 0 saturated heterocycles. The Morgan fingerprint density at radius 2 is 1.74 bits per heavy atom. The molecule has 23 heavy (non-hydrogen) atoms. The lowest BCUT2D eigenvalue weighted by Crippen LogP contribution is -2.06. The van der Waals surface area contributed by atoms with Gasteiger partial charge in [-0.2, -0.15) is 0 Å². The van der Waals surface area contributed by atoms with E-state index >= 15 is 0 Å². The molecular formula is C19H22O4. The standard InChI is InChI=1S/C19H22O4/c1-21-18-9-8-16(12-19(18)22-2)17(13-20)10-11-23-14-15-6-4-3-5-7-15/h3-9,12-13,17H,10-11,14H2,1-2H3. The molecule has 0 fully saturated rings. The van der Waals surface area contributed by atoms with Gasteiger partial charge in [-0.3, -0.25) is 0 Å². The molecule has 122 valence electrons. The normalized spacial score (nSPS) is 11.7. The number of carbonyl (C=O) groups excluding carboxylic acids is 1. The van der Waals surface area contributed by atoms with Gasteiger partial charge in [0.15, 0.2) is 11.5 Å². The third-order valence-electron chi connectivity index (χ3n) is 3.68. The summed E-state index contributed by atoms with van der Waals surface area (Å²) in [5.41, 5.74) is 2.03. The first-order valence-electron chi connectivity index (χ1n) is 7.57. The number of aldehydes is 1. The SMILES string of the molecule is COc1ccc(C(C=O)CCOCc2ccccc2)cc1OC. The van der Waals surface area contributed by atoms with Crippen molar-refractivity contribution < 1.29 is 19.0 Å². The van der Waals surface area contributed by atoms with Crippen LogP contribution >= 0.6 is 0 Å². The van der Waals surface area contributed by atoms with Crippen molar-refractivity contribution in [3.8, 4) is 11.5 Å². The van der Waals surface area contributed by atoms with Crippen molar-refractivity contribution >= 4 is 6.29 Å². The first-order valence-corrected chi connectivity index (χ1v) is 7.57. The predicted molar refractivity (Wildman–Crippen MR) is 89.1 cm³/mol. The van der Waals surface area contributed by atoms with Gasteiger partial charge in [-0.05, 0) is 29.7 Å². The Labute approximate surface area is 137 Å². The summed E-state index contributed by atoms with van der Waals surface area (Å²) in [4.78, 5) is 11.4. The zero-order valence-electron chi connectivity index (χ0n) is 13.5. The quantitative estimate of drug-likeness (QED) is 0.524. The van der Waals surface area contributed by atoms with Crippen LogP contribution in [-0.4, -0.2) is 27.1 Å². The lowest BCUT2D eigenvalue weighted by atomic mass is 9.97. The number of hydrogen-bond acceptors (Lipinski definition) is 4. The molecule has 2 aromatic carbocycles. The van der Waals surface area contributed by atoms with E-state index in [0.717, 1.165) is 17.4 Å². The molecule has 0 amide bonds. The summed E-state index contributed by atoms with van der Waals surface area (Å²) < 4.78 is 16.2. The Kier molecular flexibility index (Phi) is 6.63. The van der Waals surface area contributed by atoms with Gasteiger partial charge < -0.3 is 19.0 Å². The van der Waals surface area contributed by atoms with E-state index in [-0.39, 0.29) is 5.92 Å². The van der Waals surface area contributed by atoms with Crippen molar-refractivity contribution in [1.29, 1.82) is 0 Å². The van der Waals surface area contributed by atoms with Crippen molar-refractivity contribution in [2.75, 3.05) is 20.8 Å². The van der Waals surface area contributed by atoms with Gasteiger partial charge >= 0.3 is 0 Å². The molecule has 0 spiro atoms. The van der Waals surface area contributed by atoms with Gasteiger partial charge in [0.2, 0.25) is 0 Å².